The molecule has 28 heavy (non-hydrogen) atoms. The highest BCUT2D eigenvalue weighted by Crippen LogP contribution is 2.17. The molecule has 0 bridgehead atoms. The van der Waals surface area contributed by atoms with Crippen LogP contribution in [0.3, 0.4) is 0 Å². The molecule has 0 radical (unpaired) electrons. The third-order valence-corrected chi connectivity index (χ3v) is 5.45. The molecule has 0 aliphatic carbocycles. The summed E-state index contributed by atoms with van der Waals surface area (Å²) < 4.78 is 19.3. The van der Waals surface area contributed by atoms with E-state index in [0.717, 1.165) is 32.7 Å². The van der Waals surface area contributed by atoms with E-state index in [4.69, 9.17) is 4.74 Å². The lowest BCUT2D eigenvalue weighted by atomic mass is 10.1. The van der Waals surface area contributed by atoms with Gasteiger partial charge in [0.15, 0.2) is 0 Å². The molecule has 2 heterocycles. The molecular formula is C22H26FN3O2. The Bertz CT molecular complexity index is 793. The van der Waals surface area contributed by atoms with Gasteiger partial charge in [0, 0.05) is 57.1 Å². The quantitative estimate of drug-likeness (QED) is 0.813. The molecule has 148 valence electrons. The zero-order chi connectivity index (χ0) is 19.3. The van der Waals surface area contributed by atoms with Gasteiger partial charge in [-0.1, -0.05) is 24.3 Å². The van der Waals surface area contributed by atoms with Crippen LogP contribution in [0.5, 0.6) is 0 Å². The molecule has 1 amide bonds. The molecule has 2 aliphatic heterocycles. The second-order valence-corrected chi connectivity index (χ2v) is 7.38. The van der Waals surface area contributed by atoms with E-state index in [1.807, 2.05) is 6.07 Å². The zero-order valence-corrected chi connectivity index (χ0v) is 16.0. The maximum Gasteiger partial charge on any atom is 0.254 e. The highest BCUT2D eigenvalue weighted by molar-refractivity contribution is 5.94. The molecule has 0 saturated carbocycles. The molecule has 0 spiro atoms. The fourth-order valence-corrected chi connectivity index (χ4v) is 3.93. The van der Waals surface area contributed by atoms with Crippen LogP contribution in [0.2, 0.25) is 0 Å². The van der Waals surface area contributed by atoms with Gasteiger partial charge in [-0.05, 0) is 30.3 Å². The number of piperazine rings is 1. The predicted molar refractivity (Wildman–Crippen MR) is 107 cm³/mol. The number of nitrogens with zero attached hydrogens (tertiary/aromatic N) is 3. The van der Waals surface area contributed by atoms with Crippen molar-refractivity contribution in [3.8, 4) is 0 Å². The third-order valence-electron chi connectivity index (χ3n) is 5.45. The summed E-state index contributed by atoms with van der Waals surface area (Å²) in [5.41, 5.74) is 1.67. The number of hydrogen-bond donors (Lipinski definition) is 0. The average molecular weight is 383 g/mol. The Balaban J connectivity index is 1.29. The third kappa shape index (κ3) is 4.51. The topological polar surface area (TPSA) is 36.0 Å². The summed E-state index contributed by atoms with van der Waals surface area (Å²) in [6.45, 7) is 6.37. The van der Waals surface area contributed by atoms with Gasteiger partial charge in [0.1, 0.15) is 5.82 Å². The van der Waals surface area contributed by atoms with Gasteiger partial charge >= 0.3 is 0 Å². The van der Waals surface area contributed by atoms with E-state index in [1.54, 1.807) is 17.0 Å². The summed E-state index contributed by atoms with van der Waals surface area (Å²) in [6.07, 6.45) is -0.00506. The Hall–Kier alpha value is -2.44. The molecule has 6 heteroatoms. The average Bonchev–Trinajstić information content (AvgIpc) is 2.75. The van der Waals surface area contributed by atoms with E-state index in [9.17, 15) is 9.18 Å². The van der Waals surface area contributed by atoms with Gasteiger partial charge in [-0.25, -0.2) is 4.39 Å². The van der Waals surface area contributed by atoms with Gasteiger partial charge < -0.3 is 14.5 Å². The first-order valence-electron chi connectivity index (χ1n) is 9.88. The van der Waals surface area contributed by atoms with Crippen LogP contribution in [0.25, 0.3) is 0 Å². The Morgan fingerprint density at radius 3 is 2.54 bits per heavy atom. The number of amides is 1. The number of benzene rings is 2. The largest absolute Gasteiger partial charge is 0.373 e. The maximum atomic E-state index is 13.4. The van der Waals surface area contributed by atoms with Crippen molar-refractivity contribution in [1.82, 2.24) is 9.80 Å². The summed E-state index contributed by atoms with van der Waals surface area (Å²) in [4.78, 5) is 19.3. The first kappa shape index (κ1) is 18.9. The Morgan fingerprint density at radius 2 is 1.79 bits per heavy atom. The Morgan fingerprint density at radius 1 is 1.00 bits per heavy atom. The van der Waals surface area contributed by atoms with Gasteiger partial charge in [-0.2, -0.15) is 0 Å². The van der Waals surface area contributed by atoms with E-state index < -0.39 is 0 Å². The SMILES string of the molecule is O=C(c1cccc(F)c1)N1CCOC(CN2CCN(c3ccccc3)CC2)C1. The van der Waals surface area contributed by atoms with E-state index >= 15 is 0 Å². The smallest absolute Gasteiger partial charge is 0.254 e. The molecule has 4 rings (SSSR count). The standard InChI is InChI=1S/C22H26FN3O2/c23-19-6-4-5-18(15-19)22(27)26-13-14-28-21(17-26)16-24-9-11-25(12-10-24)20-7-2-1-3-8-20/h1-8,15,21H,9-14,16-17H2. The van der Waals surface area contributed by atoms with Crippen LogP contribution in [0.1, 0.15) is 10.4 Å². The highest BCUT2D eigenvalue weighted by Gasteiger charge is 2.28. The summed E-state index contributed by atoms with van der Waals surface area (Å²) in [6, 6.07) is 16.4. The van der Waals surface area contributed by atoms with Gasteiger partial charge in [0.2, 0.25) is 0 Å². The minimum absolute atomic E-state index is 0.00506. The lowest BCUT2D eigenvalue weighted by molar-refractivity contribution is -0.0363. The number of halogens is 1. The number of para-hydroxylation sites is 1. The van der Waals surface area contributed by atoms with E-state index in [1.165, 1.54) is 17.8 Å². The van der Waals surface area contributed by atoms with Crippen molar-refractivity contribution < 1.29 is 13.9 Å². The van der Waals surface area contributed by atoms with Crippen molar-refractivity contribution in [3.63, 3.8) is 0 Å². The van der Waals surface area contributed by atoms with Crippen molar-refractivity contribution in [3.05, 3.63) is 66.0 Å². The Labute approximate surface area is 165 Å². The summed E-state index contributed by atoms with van der Waals surface area (Å²) in [5.74, 6) is -0.506. The molecule has 0 N–H and O–H groups in total. The van der Waals surface area contributed by atoms with E-state index in [-0.39, 0.29) is 17.8 Å². The molecule has 2 aromatic carbocycles. The lowest BCUT2D eigenvalue weighted by Gasteiger charge is -2.40. The molecule has 2 aromatic rings. The van der Waals surface area contributed by atoms with Gasteiger partial charge in [-0.15, -0.1) is 0 Å². The summed E-state index contributed by atoms with van der Waals surface area (Å²) in [7, 11) is 0. The molecule has 2 aliphatic rings. The predicted octanol–water partition coefficient (Wildman–Crippen LogP) is 2.49. The first-order chi connectivity index (χ1) is 13.7. The Kier molecular flexibility index (Phi) is 5.88. The van der Waals surface area contributed by atoms with Crippen molar-refractivity contribution in [2.75, 3.05) is 57.3 Å². The number of morpholine rings is 1. The van der Waals surface area contributed by atoms with E-state index in [2.05, 4.69) is 34.1 Å². The number of rotatable bonds is 4. The molecule has 2 fully saturated rings. The van der Waals surface area contributed by atoms with Gasteiger partial charge in [-0.3, -0.25) is 9.69 Å². The van der Waals surface area contributed by atoms with Crippen LogP contribution >= 0.6 is 0 Å². The fraction of sp³-hybridized carbons (Fsp3) is 0.409. The molecule has 1 unspecified atom stereocenters. The minimum Gasteiger partial charge on any atom is -0.373 e. The summed E-state index contributed by atoms with van der Waals surface area (Å²) >= 11 is 0. The molecule has 2 saturated heterocycles. The van der Waals surface area contributed by atoms with Crippen LogP contribution < -0.4 is 4.90 Å². The van der Waals surface area contributed by atoms with Crippen LogP contribution in [-0.2, 0) is 4.74 Å². The number of hydrogen-bond acceptors (Lipinski definition) is 4. The maximum absolute atomic E-state index is 13.4. The lowest BCUT2D eigenvalue weighted by Crippen LogP contribution is -2.53. The number of carbonyl (C=O) groups excluding carboxylic acids is 1. The monoisotopic (exact) mass is 383 g/mol. The number of carbonyl (C=O) groups is 1. The van der Waals surface area contributed by atoms with Crippen LogP contribution in [-0.4, -0.2) is 74.2 Å². The van der Waals surface area contributed by atoms with Crippen molar-refractivity contribution in [2.45, 2.75) is 6.10 Å². The van der Waals surface area contributed by atoms with Crippen molar-refractivity contribution in [1.29, 1.82) is 0 Å². The first-order valence-corrected chi connectivity index (χ1v) is 9.88. The van der Waals surface area contributed by atoms with Crippen molar-refractivity contribution >= 4 is 11.6 Å². The highest BCUT2D eigenvalue weighted by atomic mass is 19.1. The normalized spacial score (nSPS) is 21.0. The fourth-order valence-electron chi connectivity index (χ4n) is 3.93. The zero-order valence-electron chi connectivity index (χ0n) is 16.0. The second kappa shape index (κ2) is 8.71. The molecular weight excluding hydrogens is 357 g/mol. The van der Waals surface area contributed by atoms with Crippen molar-refractivity contribution in [2.24, 2.45) is 0 Å². The van der Waals surface area contributed by atoms with Crippen LogP contribution in [0.4, 0.5) is 10.1 Å². The molecule has 5 nitrogen and oxygen atoms in total. The number of ether oxygens (including phenoxy) is 1. The minimum atomic E-state index is -0.382. The summed E-state index contributed by atoms with van der Waals surface area (Å²) in [5, 5.41) is 0. The molecule has 1 atom stereocenters. The van der Waals surface area contributed by atoms with Gasteiger partial charge in [0.25, 0.3) is 5.91 Å². The van der Waals surface area contributed by atoms with E-state index in [0.29, 0.717) is 25.3 Å². The van der Waals surface area contributed by atoms with Crippen LogP contribution in [0.15, 0.2) is 54.6 Å². The van der Waals surface area contributed by atoms with Crippen LogP contribution in [0, 0.1) is 5.82 Å². The molecule has 0 aromatic heterocycles. The number of anilines is 1. The van der Waals surface area contributed by atoms with Gasteiger partial charge in [0.05, 0.1) is 12.7 Å². The second-order valence-electron chi connectivity index (χ2n) is 7.38.